The Morgan fingerprint density at radius 1 is 1.18 bits per heavy atom. The molecule has 2 aliphatic rings. The van der Waals surface area contributed by atoms with Gasteiger partial charge in [0.25, 0.3) is 5.91 Å². The van der Waals surface area contributed by atoms with E-state index in [9.17, 15) is 19.5 Å². The van der Waals surface area contributed by atoms with Gasteiger partial charge >= 0.3 is 5.56 Å². The number of aliphatic hydroxyl groups is 1. The van der Waals surface area contributed by atoms with Gasteiger partial charge in [0.1, 0.15) is 11.8 Å². The van der Waals surface area contributed by atoms with Gasteiger partial charge in [-0.1, -0.05) is 29.8 Å². The molecule has 204 valence electrons. The summed E-state index contributed by atoms with van der Waals surface area (Å²) in [5.74, 6) is -0.121. The third kappa shape index (κ3) is 4.81. The van der Waals surface area contributed by atoms with E-state index in [2.05, 4.69) is 15.5 Å². The van der Waals surface area contributed by atoms with E-state index in [4.69, 9.17) is 16.3 Å². The Kier molecular flexibility index (Phi) is 6.76. The van der Waals surface area contributed by atoms with E-state index >= 15 is 0 Å². The number of ether oxygens (including phenoxy) is 1. The van der Waals surface area contributed by atoms with Crippen molar-refractivity contribution in [1.29, 1.82) is 0 Å². The van der Waals surface area contributed by atoms with Crippen LogP contribution in [0.2, 0.25) is 5.02 Å². The van der Waals surface area contributed by atoms with Crippen LogP contribution in [0, 0.1) is 13.8 Å². The molecule has 2 aromatic carbocycles. The predicted molar refractivity (Wildman–Crippen MR) is 146 cm³/mol. The molecule has 3 heterocycles. The Hall–Kier alpha value is -3.69. The van der Waals surface area contributed by atoms with Gasteiger partial charge in [0.05, 0.1) is 22.9 Å². The van der Waals surface area contributed by atoms with Gasteiger partial charge in [0, 0.05) is 23.1 Å². The van der Waals surface area contributed by atoms with E-state index in [0.29, 0.717) is 46.9 Å². The molecule has 3 aromatic rings. The summed E-state index contributed by atoms with van der Waals surface area (Å²) in [6.07, 6.45) is 1.60. The molecule has 2 saturated heterocycles. The molecule has 3 N–H and O–H groups in total. The Balaban J connectivity index is 1.40. The van der Waals surface area contributed by atoms with E-state index in [1.165, 1.54) is 6.07 Å². The number of aryl methyl sites for hydroxylation is 2. The molecular formula is C29H31ClN4O5. The van der Waals surface area contributed by atoms with Gasteiger partial charge in [-0.25, -0.2) is 5.10 Å². The van der Waals surface area contributed by atoms with Crippen molar-refractivity contribution in [1.82, 2.24) is 20.4 Å². The van der Waals surface area contributed by atoms with Gasteiger partial charge < -0.3 is 20.1 Å². The van der Waals surface area contributed by atoms with E-state index in [-0.39, 0.29) is 11.7 Å². The number of hydrogen-bond acceptors (Lipinski definition) is 6. The van der Waals surface area contributed by atoms with Crippen LogP contribution in [-0.2, 0) is 10.3 Å². The molecule has 10 heteroatoms. The highest BCUT2D eigenvalue weighted by Gasteiger charge is 2.61. The standard InChI is InChI=1S/C29H31ClN4O5/c1-16-13-18(9-10-22(16)39-23-14-17(2)32-33-26(23)36)25(35)31-21-15-29(19-7-5-6-8-20(19)30)12-11-24(28(3,4)38)34(29)27(21)37/h5-10,13-14,21,24,38H,11-12,15H2,1-4H3,(H,31,35)(H,33,36)/t21-,24+,29+/m0/s1. The first-order valence-corrected chi connectivity index (χ1v) is 13.2. The zero-order valence-corrected chi connectivity index (χ0v) is 23.0. The van der Waals surface area contributed by atoms with Gasteiger partial charge in [-0.2, -0.15) is 5.10 Å². The number of nitrogens with zero attached hydrogens (tertiary/aromatic N) is 2. The first kappa shape index (κ1) is 26.9. The summed E-state index contributed by atoms with van der Waals surface area (Å²) >= 11 is 6.61. The lowest BCUT2D eigenvalue weighted by atomic mass is 9.84. The van der Waals surface area contributed by atoms with Crippen LogP contribution in [0.4, 0.5) is 0 Å². The number of benzene rings is 2. The van der Waals surface area contributed by atoms with E-state index in [1.54, 1.807) is 56.9 Å². The fourth-order valence-corrected chi connectivity index (χ4v) is 6.21. The third-order valence-corrected chi connectivity index (χ3v) is 8.06. The number of carbonyl (C=O) groups is 2. The molecule has 5 rings (SSSR count). The SMILES string of the molecule is Cc1cc(Oc2ccc(C(=O)N[C@H]3C[C@@]4(c5ccccc5Cl)CC[C@H](C(C)(C)O)N4C3=O)cc2C)c(=O)[nH]n1. The van der Waals surface area contributed by atoms with E-state index < -0.39 is 34.7 Å². The van der Waals surface area contributed by atoms with Crippen molar-refractivity contribution < 1.29 is 19.4 Å². The fourth-order valence-electron chi connectivity index (χ4n) is 5.90. The lowest BCUT2D eigenvalue weighted by Crippen LogP contribution is -2.53. The first-order chi connectivity index (χ1) is 18.4. The molecule has 0 spiro atoms. The van der Waals surface area contributed by atoms with Gasteiger partial charge in [0.15, 0.2) is 5.75 Å². The Morgan fingerprint density at radius 2 is 1.92 bits per heavy atom. The molecule has 0 unspecified atom stereocenters. The number of rotatable bonds is 6. The number of aromatic nitrogens is 2. The molecule has 9 nitrogen and oxygen atoms in total. The average molecular weight is 551 g/mol. The summed E-state index contributed by atoms with van der Waals surface area (Å²) in [6.45, 7) is 6.91. The number of hydrogen-bond donors (Lipinski definition) is 3. The van der Waals surface area contributed by atoms with Crippen LogP contribution in [0.3, 0.4) is 0 Å². The lowest BCUT2D eigenvalue weighted by molar-refractivity contribution is -0.138. The highest BCUT2D eigenvalue weighted by atomic mass is 35.5. The fraction of sp³-hybridized carbons (Fsp3) is 0.379. The van der Waals surface area contributed by atoms with Crippen LogP contribution >= 0.6 is 11.6 Å². The maximum Gasteiger partial charge on any atom is 0.307 e. The van der Waals surface area contributed by atoms with E-state index in [0.717, 1.165) is 5.56 Å². The zero-order chi connectivity index (χ0) is 28.1. The molecule has 39 heavy (non-hydrogen) atoms. The first-order valence-electron chi connectivity index (χ1n) is 12.9. The molecule has 2 fully saturated rings. The van der Waals surface area contributed by atoms with Crippen molar-refractivity contribution in [3.63, 3.8) is 0 Å². The van der Waals surface area contributed by atoms with Crippen LogP contribution in [0.15, 0.2) is 53.3 Å². The minimum atomic E-state index is -1.13. The Labute approximate surface area is 231 Å². The topological polar surface area (TPSA) is 125 Å². The molecule has 0 saturated carbocycles. The highest BCUT2D eigenvalue weighted by molar-refractivity contribution is 6.31. The largest absolute Gasteiger partial charge is 0.451 e. The monoisotopic (exact) mass is 550 g/mol. The second-order valence-corrected chi connectivity index (χ2v) is 11.4. The lowest BCUT2D eigenvalue weighted by Gasteiger charge is -2.40. The van der Waals surface area contributed by atoms with Crippen molar-refractivity contribution >= 4 is 23.4 Å². The summed E-state index contributed by atoms with van der Waals surface area (Å²) in [6, 6.07) is 12.6. The molecule has 2 amide bonds. The van der Waals surface area contributed by atoms with Crippen molar-refractivity contribution in [3.8, 4) is 11.5 Å². The second-order valence-electron chi connectivity index (χ2n) is 10.9. The number of amides is 2. The summed E-state index contributed by atoms with van der Waals surface area (Å²) in [5, 5.41) is 20.6. The number of carbonyl (C=O) groups excluding carboxylic acids is 2. The summed E-state index contributed by atoms with van der Waals surface area (Å²) < 4.78 is 5.76. The predicted octanol–water partition coefficient (Wildman–Crippen LogP) is 3.99. The summed E-state index contributed by atoms with van der Waals surface area (Å²) in [5.41, 5.74) is 0.110. The van der Waals surface area contributed by atoms with Gasteiger partial charge in [-0.15, -0.1) is 0 Å². The van der Waals surface area contributed by atoms with Crippen molar-refractivity contribution in [2.45, 2.75) is 70.2 Å². The summed E-state index contributed by atoms with van der Waals surface area (Å²) in [7, 11) is 0. The maximum absolute atomic E-state index is 13.8. The van der Waals surface area contributed by atoms with Crippen molar-refractivity contribution in [2.75, 3.05) is 0 Å². The second kappa shape index (κ2) is 9.81. The number of halogens is 1. The van der Waals surface area contributed by atoms with Gasteiger partial charge in [-0.05, 0) is 75.9 Å². The number of nitrogens with one attached hydrogen (secondary N) is 2. The summed E-state index contributed by atoms with van der Waals surface area (Å²) in [4.78, 5) is 40.9. The van der Waals surface area contributed by atoms with Crippen LogP contribution in [0.1, 0.15) is 60.3 Å². The van der Waals surface area contributed by atoms with Crippen LogP contribution < -0.4 is 15.6 Å². The van der Waals surface area contributed by atoms with Crippen LogP contribution in [-0.4, -0.2) is 49.7 Å². The minimum absolute atomic E-state index is 0.103. The molecule has 1 aromatic heterocycles. The maximum atomic E-state index is 13.8. The normalized spacial score (nSPS) is 22.6. The van der Waals surface area contributed by atoms with E-state index in [1.807, 2.05) is 18.2 Å². The highest BCUT2D eigenvalue weighted by Crippen LogP contribution is 2.53. The Bertz CT molecular complexity index is 1510. The number of fused-ring (bicyclic) bond motifs is 1. The molecule has 0 bridgehead atoms. The smallest absolute Gasteiger partial charge is 0.307 e. The number of H-pyrrole nitrogens is 1. The zero-order valence-electron chi connectivity index (χ0n) is 22.2. The van der Waals surface area contributed by atoms with Crippen LogP contribution in [0.5, 0.6) is 11.5 Å². The van der Waals surface area contributed by atoms with Gasteiger partial charge in [-0.3, -0.25) is 14.4 Å². The third-order valence-electron chi connectivity index (χ3n) is 7.73. The van der Waals surface area contributed by atoms with Crippen LogP contribution in [0.25, 0.3) is 0 Å². The Morgan fingerprint density at radius 3 is 2.62 bits per heavy atom. The average Bonchev–Trinajstić information content (AvgIpc) is 3.38. The van der Waals surface area contributed by atoms with Gasteiger partial charge in [0.2, 0.25) is 5.91 Å². The molecular weight excluding hydrogens is 520 g/mol. The molecule has 0 radical (unpaired) electrons. The molecule has 0 aliphatic carbocycles. The van der Waals surface area contributed by atoms with Crippen molar-refractivity contribution in [2.24, 2.45) is 0 Å². The van der Waals surface area contributed by atoms with Crippen molar-refractivity contribution in [3.05, 3.63) is 86.3 Å². The molecule has 3 atom stereocenters. The molecule has 2 aliphatic heterocycles. The number of aromatic amines is 1. The minimum Gasteiger partial charge on any atom is -0.451 e. The quantitative estimate of drug-likeness (QED) is 0.426.